The van der Waals surface area contributed by atoms with Crippen LogP contribution in [0.15, 0.2) is 40.9 Å². The number of carbonyl (C=O) groups excluding carboxylic acids is 1. The molecule has 3 heterocycles. The fourth-order valence-electron chi connectivity index (χ4n) is 4.61. The number of hydrogen-bond donors (Lipinski definition) is 1. The molecular weight excluding hydrogens is 527 g/mol. The highest BCUT2D eigenvalue weighted by Gasteiger charge is 2.41. The molecule has 1 aromatic heterocycles. The number of anilines is 1. The maximum absolute atomic E-state index is 14.1. The van der Waals surface area contributed by atoms with Gasteiger partial charge in [0.2, 0.25) is 0 Å². The Morgan fingerprint density at radius 3 is 2.64 bits per heavy atom. The number of hydrazine groups is 1. The third-order valence-corrected chi connectivity index (χ3v) is 7.12. The number of H-pyrrole nitrogens is 1. The molecule has 0 aliphatic carbocycles. The Morgan fingerprint density at radius 1 is 1.15 bits per heavy atom. The van der Waals surface area contributed by atoms with Gasteiger partial charge in [0, 0.05) is 28.1 Å². The molecule has 33 heavy (non-hydrogen) atoms. The van der Waals surface area contributed by atoms with Gasteiger partial charge < -0.3 is 4.74 Å². The van der Waals surface area contributed by atoms with Crippen LogP contribution in [0.2, 0.25) is 10.0 Å². The van der Waals surface area contributed by atoms with Crippen LogP contribution in [0, 0.1) is 0 Å². The Hall–Kier alpha value is -2.06. The minimum Gasteiger partial charge on any atom is -0.482 e. The van der Waals surface area contributed by atoms with Gasteiger partial charge in [0.1, 0.15) is 22.7 Å². The van der Waals surface area contributed by atoms with Crippen LogP contribution in [0.5, 0.6) is 5.75 Å². The lowest BCUT2D eigenvalue weighted by molar-refractivity contribution is 0.0833. The number of hydrogen-bond acceptors (Lipinski definition) is 4. The maximum Gasteiger partial charge on any atom is 0.291 e. The zero-order chi connectivity index (χ0) is 23.3. The molecule has 0 unspecified atom stereocenters. The standard InChI is InChI=1S/C24H23BrCl2N4O2/c1-24(2)20-21(16-8-6-14(25)12-19(16)33-24)28-29-22(20)23(32)31(30-10-4-3-5-11-30)18-9-7-15(26)13-17(18)27/h6-9,12-13H,3-5,10-11H2,1-2H3,(H,28,29). The molecule has 0 spiro atoms. The van der Waals surface area contributed by atoms with Gasteiger partial charge in [0.25, 0.3) is 5.91 Å². The molecule has 2 aliphatic heterocycles. The summed E-state index contributed by atoms with van der Waals surface area (Å²) in [6.07, 6.45) is 3.15. The second-order valence-electron chi connectivity index (χ2n) is 8.80. The van der Waals surface area contributed by atoms with Crippen molar-refractivity contribution in [2.24, 2.45) is 0 Å². The largest absolute Gasteiger partial charge is 0.482 e. The molecule has 172 valence electrons. The summed E-state index contributed by atoms with van der Waals surface area (Å²) < 4.78 is 7.25. The molecule has 5 rings (SSSR count). The average Bonchev–Trinajstić information content (AvgIpc) is 3.22. The van der Waals surface area contributed by atoms with Gasteiger partial charge in [-0.3, -0.25) is 9.89 Å². The molecule has 2 aromatic carbocycles. The van der Waals surface area contributed by atoms with Gasteiger partial charge in [-0.05, 0) is 63.1 Å². The van der Waals surface area contributed by atoms with Crippen LogP contribution in [0.4, 0.5) is 5.69 Å². The zero-order valence-corrected chi connectivity index (χ0v) is 21.4. The number of ether oxygens (including phenoxy) is 1. The number of piperidine rings is 1. The summed E-state index contributed by atoms with van der Waals surface area (Å²) in [5.74, 6) is 0.494. The molecule has 1 fully saturated rings. The number of amides is 1. The minimum absolute atomic E-state index is 0.230. The SMILES string of the molecule is CC1(C)Oc2cc(Br)ccc2-c2n[nH]c(C(=O)N(c3ccc(Cl)cc3Cl)N3CCCCC3)c21. The molecule has 9 heteroatoms. The van der Waals surface area contributed by atoms with Crippen molar-refractivity contribution in [3.8, 4) is 17.0 Å². The van der Waals surface area contributed by atoms with Crippen LogP contribution in [0.25, 0.3) is 11.3 Å². The van der Waals surface area contributed by atoms with Crippen LogP contribution in [-0.2, 0) is 5.60 Å². The predicted octanol–water partition coefficient (Wildman–Crippen LogP) is 6.82. The van der Waals surface area contributed by atoms with Gasteiger partial charge in [-0.25, -0.2) is 10.0 Å². The van der Waals surface area contributed by atoms with E-state index in [1.54, 1.807) is 23.2 Å². The first-order chi connectivity index (χ1) is 15.8. The average molecular weight is 550 g/mol. The molecule has 0 saturated carbocycles. The smallest absolute Gasteiger partial charge is 0.291 e. The fourth-order valence-corrected chi connectivity index (χ4v) is 5.43. The lowest BCUT2D eigenvalue weighted by Crippen LogP contribution is -2.50. The predicted molar refractivity (Wildman–Crippen MR) is 134 cm³/mol. The third-order valence-electron chi connectivity index (χ3n) is 6.09. The van der Waals surface area contributed by atoms with Crippen LogP contribution in [0.3, 0.4) is 0 Å². The van der Waals surface area contributed by atoms with Gasteiger partial charge in [-0.15, -0.1) is 0 Å². The zero-order valence-electron chi connectivity index (χ0n) is 18.3. The van der Waals surface area contributed by atoms with Crippen molar-refractivity contribution in [3.63, 3.8) is 0 Å². The highest BCUT2D eigenvalue weighted by Crippen LogP contribution is 2.46. The summed E-state index contributed by atoms with van der Waals surface area (Å²) in [5, 5.41) is 12.2. The number of aromatic amines is 1. The second-order valence-corrected chi connectivity index (χ2v) is 10.6. The molecule has 0 atom stereocenters. The van der Waals surface area contributed by atoms with Crippen molar-refractivity contribution in [2.45, 2.75) is 38.7 Å². The lowest BCUT2D eigenvalue weighted by atomic mass is 9.89. The van der Waals surface area contributed by atoms with E-state index in [9.17, 15) is 4.79 Å². The van der Waals surface area contributed by atoms with E-state index in [0.717, 1.165) is 59.4 Å². The molecule has 1 saturated heterocycles. The molecule has 6 nitrogen and oxygen atoms in total. The molecule has 0 radical (unpaired) electrons. The Morgan fingerprint density at radius 2 is 1.91 bits per heavy atom. The summed E-state index contributed by atoms with van der Waals surface area (Å²) in [4.78, 5) is 14.1. The summed E-state index contributed by atoms with van der Waals surface area (Å²) in [7, 11) is 0. The van der Waals surface area contributed by atoms with Crippen molar-refractivity contribution in [1.29, 1.82) is 0 Å². The van der Waals surface area contributed by atoms with E-state index < -0.39 is 5.60 Å². The quantitative estimate of drug-likeness (QED) is 0.389. The van der Waals surface area contributed by atoms with Crippen LogP contribution in [-0.4, -0.2) is 34.2 Å². The summed E-state index contributed by atoms with van der Waals surface area (Å²) in [6, 6.07) is 11.0. The van der Waals surface area contributed by atoms with Crippen molar-refractivity contribution < 1.29 is 9.53 Å². The van der Waals surface area contributed by atoms with Crippen molar-refractivity contribution in [2.75, 3.05) is 18.1 Å². The van der Waals surface area contributed by atoms with E-state index in [1.165, 1.54) is 0 Å². The molecule has 3 aromatic rings. The number of fused-ring (bicyclic) bond motifs is 3. The third kappa shape index (κ3) is 4.05. The molecular formula is C24H23BrCl2N4O2. The van der Waals surface area contributed by atoms with Gasteiger partial charge in [-0.1, -0.05) is 45.6 Å². The molecule has 1 amide bonds. The molecule has 1 N–H and O–H groups in total. The summed E-state index contributed by atoms with van der Waals surface area (Å²) >= 11 is 16.2. The number of nitrogens with one attached hydrogen (secondary N) is 1. The maximum atomic E-state index is 14.1. The van der Waals surface area contributed by atoms with Crippen LogP contribution in [0.1, 0.15) is 49.2 Å². The van der Waals surface area contributed by atoms with Gasteiger partial charge in [-0.2, -0.15) is 5.10 Å². The highest BCUT2D eigenvalue weighted by atomic mass is 79.9. The highest BCUT2D eigenvalue weighted by molar-refractivity contribution is 9.10. The van der Waals surface area contributed by atoms with Gasteiger partial charge in [0.05, 0.1) is 16.3 Å². The first-order valence-electron chi connectivity index (χ1n) is 10.9. The van der Waals surface area contributed by atoms with Crippen LogP contribution < -0.4 is 9.75 Å². The van der Waals surface area contributed by atoms with E-state index >= 15 is 0 Å². The Labute approximate surface area is 210 Å². The van der Waals surface area contributed by atoms with E-state index in [2.05, 4.69) is 31.1 Å². The topological polar surface area (TPSA) is 61.5 Å². The Kier molecular flexibility index (Phi) is 5.93. The number of halogens is 3. The Bertz CT molecular complexity index is 1240. The lowest BCUT2D eigenvalue weighted by Gasteiger charge is -2.38. The van der Waals surface area contributed by atoms with Gasteiger partial charge >= 0.3 is 0 Å². The number of carbonyl (C=O) groups is 1. The van der Waals surface area contributed by atoms with Gasteiger partial charge in [0.15, 0.2) is 0 Å². The number of aromatic nitrogens is 2. The first-order valence-corrected chi connectivity index (χ1v) is 12.4. The first kappa shape index (κ1) is 22.7. The summed E-state index contributed by atoms with van der Waals surface area (Å²) in [6.45, 7) is 5.42. The minimum atomic E-state index is -0.765. The number of benzene rings is 2. The van der Waals surface area contributed by atoms with E-state index in [4.69, 9.17) is 27.9 Å². The number of rotatable bonds is 3. The van der Waals surface area contributed by atoms with E-state index in [-0.39, 0.29) is 5.91 Å². The van der Waals surface area contributed by atoms with Crippen molar-refractivity contribution in [1.82, 2.24) is 15.2 Å². The van der Waals surface area contributed by atoms with Crippen LogP contribution >= 0.6 is 39.1 Å². The molecule has 0 bridgehead atoms. The van der Waals surface area contributed by atoms with E-state index in [0.29, 0.717) is 21.4 Å². The van der Waals surface area contributed by atoms with E-state index in [1.807, 2.05) is 32.0 Å². The fraction of sp³-hybridized carbons (Fsp3) is 0.333. The Balaban J connectivity index is 1.64. The molecule has 2 aliphatic rings. The normalized spacial score (nSPS) is 17.1. The van der Waals surface area contributed by atoms with Crippen molar-refractivity contribution >= 4 is 50.7 Å². The number of nitrogens with zero attached hydrogens (tertiary/aromatic N) is 3. The van der Waals surface area contributed by atoms with Crippen molar-refractivity contribution in [3.05, 3.63) is 62.2 Å². The summed E-state index contributed by atoms with van der Waals surface area (Å²) in [5.41, 5.74) is 2.51. The monoisotopic (exact) mass is 548 g/mol. The second kappa shape index (κ2) is 8.62.